The minimum atomic E-state index is -0.267. The van der Waals surface area contributed by atoms with E-state index in [1.165, 1.54) is 18.6 Å². The minimum absolute atomic E-state index is 0.0831. The number of nitrogens with zero attached hydrogens (tertiary/aromatic N) is 4. The van der Waals surface area contributed by atoms with Crippen molar-refractivity contribution in [3.05, 3.63) is 94.5 Å². The van der Waals surface area contributed by atoms with Crippen molar-refractivity contribution >= 4 is 22.5 Å². The number of halogens is 1. The Labute approximate surface area is 271 Å². The molecule has 1 aliphatic heterocycles. The first-order valence-electron chi connectivity index (χ1n) is 16.8. The number of nitrogens with one attached hydrogen (secondary N) is 2. The van der Waals surface area contributed by atoms with Gasteiger partial charge in [-0.3, -0.25) is 9.36 Å². The number of hydrogen-bond donors (Lipinski definition) is 2. The Balaban J connectivity index is 1.23. The van der Waals surface area contributed by atoms with Gasteiger partial charge in [-0.25, -0.2) is 14.4 Å². The highest BCUT2D eigenvalue weighted by Gasteiger charge is 2.56. The van der Waals surface area contributed by atoms with Gasteiger partial charge < -0.3 is 15.5 Å². The zero-order chi connectivity index (χ0) is 32.0. The van der Waals surface area contributed by atoms with Gasteiger partial charge in [-0.05, 0) is 85.3 Å². The van der Waals surface area contributed by atoms with Crippen LogP contribution in [-0.2, 0) is 13.0 Å². The molecular weight excluding hydrogens is 575 g/mol. The lowest BCUT2D eigenvalue weighted by Gasteiger charge is -2.61. The quantitative estimate of drug-likeness (QED) is 0.188. The van der Waals surface area contributed by atoms with Crippen molar-refractivity contribution in [2.45, 2.75) is 65.6 Å². The third-order valence-electron chi connectivity index (χ3n) is 11.1. The van der Waals surface area contributed by atoms with Crippen LogP contribution >= 0.6 is 0 Å². The van der Waals surface area contributed by atoms with E-state index in [9.17, 15) is 9.18 Å². The number of piperazine rings is 1. The van der Waals surface area contributed by atoms with Gasteiger partial charge in [0.15, 0.2) is 5.96 Å². The SMILES string of the molecule is C[C@@H]1C(/N=C(/Nc2ccc3c(=O)n(CCc4ccc(F)cc4)c(-c4ccccc4)nc3c2)N2CCN[C@@H](C)C2)C[C@H]2C[C@@H]1C2(C)C. The van der Waals surface area contributed by atoms with E-state index in [1.54, 1.807) is 16.7 Å². The lowest BCUT2D eigenvalue weighted by atomic mass is 9.45. The van der Waals surface area contributed by atoms with E-state index in [-0.39, 0.29) is 11.4 Å². The molecule has 8 rings (SSSR count). The van der Waals surface area contributed by atoms with Crippen molar-refractivity contribution in [3.63, 3.8) is 0 Å². The van der Waals surface area contributed by atoms with E-state index < -0.39 is 0 Å². The molecule has 0 spiro atoms. The average molecular weight is 621 g/mol. The fraction of sp³-hybridized carbons (Fsp3) is 0.447. The summed E-state index contributed by atoms with van der Waals surface area (Å²) in [4.78, 5) is 26.9. The Morgan fingerprint density at radius 1 is 1.07 bits per heavy atom. The maximum Gasteiger partial charge on any atom is 0.261 e. The highest BCUT2D eigenvalue weighted by Crippen LogP contribution is 2.61. The Morgan fingerprint density at radius 2 is 1.85 bits per heavy atom. The van der Waals surface area contributed by atoms with Gasteiger partial charge in [0.2, 0.25) is 0 Å². The molecule has 2 bridgehead atoms. The Kier molecular flexibility index (Phi) is 8.17. The number of aromatic nitrogens is 2. The Morgan fingerprint density at radius 3 is 2.57 bits per heavy atom. The van der Waals surface area contributed by atoms with Crippen LogP contribution in [0.5, 0.6) is 0 Å². The van der Waals surface area contributed by atoms with Gasteiger partial charge in [0.1, 0.15) is 11.6 Å². The van der Waals surface area contributed by atoms with Crippen LogP contribution in [0.4, 0.5) is 10.1 Å². The normalized spacial score (nSPS) is 25.7. The third-order valence-corrected chi connectivity index (χ3v) is 11.1. The lowest BCUT2D eigenvalue weighted by Crippen LogP contribution is -2.57. The van der Waals surface area contributed by atoms with Crippen LogP contribution in [0.3, 0.4) is 0 Å². The van der Waals surface area contributed by atoms with E-state index in [0.717, 1.165) is 60.7 Å². The predicted octanol–water partition coefficient (Wildman–Crippen LogP) is 6.58. The number of benzene rings is 3. The molecule has 1 saturated heterocycles. The Bertz CT molecular complexity index is 1800. The monoisotopic (exact) mass is 620 g/mol. The number of rotatable bonds is 6. The molecule has 5 atom stereocenters. The fourth-order valence-corrected chi connectivity index (χ4v) is 8.10. The van der Waals surface area contributed by atoms with E-state index in [1.807, 2.05) is 48.5 Å². The smallest absolute Gasteiger partial charge is 0.261 e. The molecule has 0 amide bonds. The molecule has 3 saturated carbocycles. The molecule has 240 valence electrons. The zero-order valence-corrected chi connectivity index (χ0v) is 27.3. The van der Waals surface area contributed by atoms with Crippen molar-refractivity contribution in [2.24, 2.45) is 28.2 Å². The second kappa shape index (κ2) is 12.3. The van der Waals surface area contributed by atoms with E-state index >= 15 is 0 Å². The van der Waals surface area contributed by atoms with Gasteiger partial charge in [0, 0.05) is 43.5 Å². The average Bonchev–Trinajstić information content (AvgIpc) is 3.05. The first-order chi connectivity index (χ1) is 22.2. The van der Waals surface area contributed by atoms with Crippen LogP contribution in [0.1, 0.15) is 46.1 Å². The number of aliphatic imine (C=N–C) groups is 1. The molecule has 0 radical (unpaired) electrons. The van der Waals surface area contributed by atoms with E-state index in [0.29, 0.717) is 53.1 Å². The summed E-state index contributed by atoms with van der Waals surface area (Å²) in [6.45, 7) is 12.6. The zero-order valence-electron chi connectivity index (χ0n) is 27.3. The molecule has 2 heterocycles. The fourth-order valence-electron chi connectivity index (χ4n) is 8.10. The van der Waals surface area contributed by atoms with Crippen LogP contribution in [0.15, 0.2) is 82.6 Å². The first kappa shape index (κ1) is 30.6. The largest absolute Gasteiger partial charge is 0.340 e. The summed E-state index contributed by atoms with van der Waals surface area (Å²) >= 11 is 0. The number of anilines is 1. The number of guanidine groups is 1. The van der Waals surface area contributed by atoms with Crippen molar-refractivity contribution in [1.29, 1.82) is 0 Å². The van der Waals surface area contributed by atoms with Crippen LogP contribution in [0.2, 0.25) is 0 Å². The highest BCUT2D eigenvalue weighted by molar-refractivity contribution is 5.96. The minimum Gasteiger partial charge on any atom is -0.340 e. The molecule has 46 heavy (non-hydrogen) atoms. The molecule has 4 fully saturated rings. The summed E-state index contributed by atoms with van der Waals surface area (Å²) in [7, 11) is 0. The second-order valence-corrected chi connectivity index (χ2v) is 14.3. The molecule has 3 aliphatic carbocycles. The standard InChI is InChI=1S/C38H45FN6O/c1-24-23-44(19-17-40-24)37(43-33-21-28-20-32(25(33)2)38(28,3)4)41-30-14-15-31-34(22-30)42-35(27-8-6-5-7-9-27)45(36(31)46)18-16-26-10-12-29(39)13-11-26/h5-15,22,24-25,28,32-33,40H,16-21,23H2,1-4H3,(H,41,43)/t24-,25-,28+,32-,33?/m0/s1. The van der Waals surface area contributed by atoms with Crippen LogP contribution in [0.25, 0.3) is 22.3 Å². The molecule has 4 aliphatic rings. The maximum absolute atomic E-state index is 14.0. The summed E-state index contributed by atoms with van der Waals surface area (Å²) in [5.41, 5.74) is 3.70. The van der Waals surface area contributed by atoms with Crippen LogP contribution in [0, 0.1) is 29.0 Å². The molecule has 2 N–H and O–H groups in total. The molecule has 3 aromatic carbocycles. The van der Waals surface area contributed by atoms with Gasteiger partial charge in [0.05, 0.1) is 16.9 Å². The van der Waals surface area contributed by atoms with E-state index in [2.05, 4.69) is 43.2 Å². The maximum atomic E-state index is 14.0. The Hall–Kier alpha value is -4.04. The number of fused-ring (bicyclic) bond motifs is 3. The van der Waals surface area contributed by atoms with Gasteiger partial charge in [-0.15, -0.1) is 0 Å². The number of hydrogen-bond acceptors (Lipinski definition) is 4. The summed E-state index contributed by atoms with van der Waals surface area (Å²) in [6, 6.07) is 22.8. The van der Waals surface area contributed by atoms with Gasteiger partial charge in [-0.1, -0.05) is 63.2 Å². The first-order valence-corrected chi connectivity index (χ1v) is 16.8. The summed E-state index contributed by atoms with van der Waals surface area (Å²) < 4.78 is 15.3. The summed E-state index contributed by atoms with van der Waals surface area (Å²) in [5, 5.41) is 7.82. The van der Waals surface area contributed by atoms with Gasteiger partial charge >= 0.3 is 0 Å². The summed E-state index contributed by atoms with van der Waals surface area (Å²) in [5.74, 6) is 3.26. The molecule has 1 unspecified atom stereocenters. The lowest BCUT2D eigenvalue weighted by molar-refractivity contribution is -0.108. The van der Waals surface area contributed by atoms with Gasteiger partial charge in [-0.2, -0.15) is 0 Å². The van der Waals surface area contributed by atoms with Gasteiger partial charge in [0.25, 0.3) is 5.56 Å². The van der Waals surface area contributed by atoms with Crippen molar-refractivity contribution in [3.8, 4) is 11.4 Å². The van der Waals surface area contributed by atoms with Crippen molar-refractivity contribution in [1.82, 2.24) is 19.8 Å². The van der Waals surface area contributed by atoms with Crippen LogP contribution in [-0.4, -0.2) is 52.1 Å². The summed E-state index contributed by atoms with van der Waals surface area (Å²) in [6.07, 6.45) is 3.05. The van der Waals surface area contributed by atoms with Crippen molar-refractivity contribution in [2.75, 3.05) is 25.0 Å². The molecular formula is C38H45FN6O. The van der Waals surface area contributed by atoms with Crippen molar-refractivity contribution < 1.29 is 4.39 Å². The van der Waals surface area contributed by atoms with Crippen LogP contribution < -0.4 is 16.2 Å². The second-order valence-electron chi connectivity index (χ2n) is 14.3. The third kappa shape index (κ3) is 5.83. The molecule has 1 aromatic heterocycles. The number of aryl methyl sites for hydroxylation is 1. The molecule has 4 aromatic rings. The molecule has 7 nitrogen and oxygen atoms in total. The van der Waals surface area contributed by atoms with E-state index in [4.69, 9.17) is 9.98 Å². The molecule has 8 heteroatoms. The highest BCUT2D eigenvalue weighted by atomic mass is 19.1. The topological polar surface area (TPSA) is 74.5 Å². The predicted molar refractivity (Wildman–Crippen MR) is 185 cm³/mol.